The number of hydrogen-bond acceptors (Lipinski definition) is 4. The largest absolute Gasteiger partial charge is 0.491 e. The Morgan fingerprint density at radius 3 is 2.52 bits per heavy atom. The number of epoxide rings is 1. The molecule has 1 heterocycles. The molecule has 1 fully saturated rings. The average molecular weight is 333 g/mol. The Labute approximate surface area is 136 Å². The average Bonchev–Trinajstić information content (AvgIpc) is 3.37. The maximum absolute atomic E-state index is 12.8. The molecular weight excluding hydrogens is 314 g/mol. The summed E-state index contributed by atoms with van der Waals surface area (Å²) in [6, 6.07) is 14.0. The molecule has 2 aromatic carbocycles. The van der Waals surface area contributed by atoms with Gasteiger partial charge in [-0.2, -0.15) is 0 Å². The number of rotatable bonds is 6. The lowest BCUT2D eigenvalue weighted by Crippen LogP contribution is -2.27. The van der Waals surface area contributed by atoms with Crippen LogP contribution in [-0.4, -0.2) is 34.8 Å². The van der Waals surface area contributed by atoms with Crippen LogP contribution in [0.25, 0.3) is 0 Å². The molecule has 1 unspecified atom stereocenters. The Balaban J connectivity index is 1.84. The number of sulfonamides is 1. The molecule has 0 radical (unpaired) electrons. The van der Waals surface area contributed by atoms with Crippen molar-refractivity contribution in [2.45, 2.75) is 17.9 Å². The summed E-state index contributed by atoms with van der Waals surface area (Å²) in [5.74, 6) is 0.652. The standard InChI is InChI=1S/C17H19NO4S/c1-13-10-15(21-11-16-12-22-16)8-9-17(13)23(19,20)18(2)14-6-4-3-5-7-14/h3-10,16H,11-12H2,1-2H3. The Morgan fingerprint density at radius 1 is 1.22 bits per heavy atom. The van der Waals surface area contributed by atoms with E-state index >= 15 is 0 Å². The van der Waals surface area contributed by atoms with Crippen LogP contribution in [0.1, 0.15) is 5.56 Å². The van der Waals surface area contributed by atoms with Crippen LogP contribution in [0.15, 0.2) is 53.4 Å². The molecular formula is C17H19NO4S. The van der Waals surface area contributed by atoms with Crippen LogP contribution in [0.2, 0.25) is 0 Å². The topological polar surface area (TPSA) is 59.1 Å². The van der Waals surface area contributed by atoms with E-state index in [2.05, 4.69) is 0 Å². The molecule has 1 saturated heterocycles. The van der Waals surface area contributed by atoms with E-state index in [1.54, 1.807) is 44.3 Å². The van der Waals surface area contributed by atoms with Gasteiger partial charge in [-0.05, 0) is 42.8 Å². The van der Waals surface area contributed by atoms with Crippen molar-refractivity contribution in [3.63, 3.8) is 0 Å². The van der Waals surface area contributed by atoms with Gasteiger partial charge >= 0.3 is 0 Å². The summed E-state index contributed by atoms with van der Waals surface area (Å²) in [4.78, 5) is 0.277. The van der Waals surface area contributed by atoms with Crippen LogP contribution in [-0.2, 0) is 14.8 Å². The molecule has 122 valence electrons. The molecule has 0 amide bonds. The fraction of sp³-hybridized carbons (Fsp3) is 0.294. The Kier molecular flexibility index (Phi) is 4.28. The van der Waals surface area contributed by atoms with Crippen LogP contribution < -0.4 is 9.04 Å². The van der Waals surface area contributed by atoms with Crippen molar-refractivity contribution in [3.8, 4) is 5.75 Å². The van der Waals surface area contributed by atoms with Crippen molar-refractivity contribution in [3.05, 3.63) is 54.1 Å². The number of benzene rings is 2. The summed E-state index contributed by atoms with van der Waals surface area (Å²) in [7, 11) is -2.05. The summed E-state index contributed by atoms with van der Waals surface area (Å²) >= 11 is 0. The molecule has 0 aliphatic carbocycles. The quantitative estimate of drug-likeness (QED) is 0.763. The zero-order valence-electron chi connectivity index (χ0n) is 13.1. The monoisotopic (exact) mass is 333 g/mol. The van der Waals surface area contributed by atoms with E-state index in [4.69, 9.17) is 9.47 Å². The molecule has 0 bridgehead atoms. The van der Waals surface area contributed by atoms with E-state index in [0.717, 1.165) is 6.61 Å². The second-order valence-electron chi connectivity index (χ2n) is 5.50. The highest BCUT2D eigenvalue weighted by Gasteiger charge is 2.25. The van der Waals surface area contributed by atoms with Gasteiger partial charge in [0.1, 0.15) is 18.5 Å². The molecule has 1 aliphatic heterocycles. The van der Waals surface area contributed by atoms with Crippen molar-refractivity contribution in [1.29, 1.82) is 0 Å². The molecule has 23 heavy (non-hydrogen) atoms. The van der Waals surface area contributed by atoms with E-state index < -0.39 is 10.0 Å². The molecule has 0 saturated carbocycles. The van der Waals surface area contributed by atoms with Gasteiger partial charge in [-0.3, -0.25) is 4.31 Å². The van der Waals surface area contributed by atoms with E-state index in [1.807, 2.05) is 18.2 Å². The van der Waals surface area contributed by atoms with Crippen molar-refractivity contribution < 1.29 is 17.9 Å². The maximum atomic E-state index is 12.8. The van der Waals surface area contributed by atoms with E-state index in [0.29, 0.717) is 23.6 Å². The molecule has 6 heteroatoms. The van der Waals surface area contributed by atoms with Gasteiger partial charge < -0.3 is 9.47 Å². The van der Waals surface area contributed by atoms with Gasteiger partial charge in [0.15, 0.2) is 0 Å². The molecule has 0 aromatic heterocycles. The van der Waals surface area contributed by atoms with Crippen LogP contribution in [0.4, 0.5) is 5.69 Å². The van der Waals surface area contributed by atoms with Gasteiger partial charge in [0.2, 0.25) is 0 Å². The predicted octanol–water partition coefficient (Wildman–Crippen LogP) is 2.60. The van der Waals surface area contributed by atoms with Gasteiger partial charge in [0.25, 0.3) is 10.0 Å². The van der Waals surface area contributed by atoms with E-state index in [1.165, 1.54) is 4.31 Å². The fourth-order valence-corrected chi connectivity index (χ4v) is 3.68. The Bertz CT molecular complexity index is 785. The third-order valence-electron chi connectivity index (χ3n) is 3.74. The summed E-state index contributed by atoms with van der Waals surface area (Å²) in [6.45, 7) is 3.00. The summed E-state index contributed by atoms with van der Waals surface area (Å²) in [6.07, 6.45) is 0.169. The highest BCUT2D eigenvalue weighted by Crippen LogP contribution is 2.27. The van der Waals surface area contributed by atoms with Gasteiger partial charge in [-0.25, -0.2) is 8.42 Å². The SMILES string of the molecule is Cc1cc(OCC2CO2)ccc1S(=O)(=O)N(C)c1ccccc1. The van der Waals surface area contributed by atoms with E-state index in [9.17, 15) is 8.42 Å². The molecule has 5 nitrogen and oxygen atoms in total. The highest BCUT2D eigenvalue weighted by atomic mass is 32.2. The van der Waals surface area contributed by atoms with Crippen molar-refractivity contribution in [1.82, 2.24) is 0 Å². The molecule has 3 rings (SSSR count). The molecule has 2 aromatic rings. The smallest absolute Gasteiger partial charge is 0.264 e. The Morgan fingerprint density at radius 2 is 1.91 bits per heavy atom. The molecule has 0 spiro atoms. The fourth-order valence-electron chi connectivity index (χ4n) is 2.28. The van der Waals surface area contributed by atoms with Gasteiger partial charge in [-0.15, -0.1) is 0 Å². The minimum atomic E-state index is -3.61. The zero-order chi connectivity index (χ0) is 16.4. The summed E-state index contributed by atoms with van der Waals surface area (Å²) in [5, 5.41) is 0. The predicted molar refractivity (Wildman–Crippen MR) is 88.4 cm³/mol. The zero-order valence-corrected chi connectivity index (χ0v) is 13.9. The minimum absolute atomic E-state index is 0.169. The lowest BCUT2D eigenvalue weighted by Gasteiger charge is -2.21. The normalized spacial score (nSPS) is 16.9. The minimum Gasteiger partial charge on any atom is -0.491 e. The first kappa shape index (κ1) is 15.8. The second-order valence-corrected chi connectivity index (χ2v) is 7.44. The number of ether oxygens (including phenoxy) is 2. The van der Waals surface area contributed by atoms with Crippen molar-refractivity contribution in [2.75, 3.05) is 24.6 Å². The van der Waals surface area contributed by atoms with Crippen molar-refractivity contribution >= 4 is 15.7 Å². The first-order valence-electron chi connectivity index (χ1n) is 7.37. The second kappa shape index (κ2) is 6.22. The third-order valence-corrected chi connectivity index (χ3v) is 5.69. The lowest BCUT2D eigenvalue weighted by molar-refractivity contribution is 0.263. The van der Waals surface area contributed by atoms with Gasteiger partial charge in [0.05, 0.1) is 17.2 Å². The first-order valence-corrected chi connectivity index (χ1v) is 8.81. The number of anilines is 1. The number of hydrogen-bond donors (Lipinski definition) is 0. The van der Waals surface area contributed by atoms with Crippen LogP contribution in [0.3, 0.4) is 0 Å². The van der Waals surface area contributed by atoms with Crippen LogP contribution in [0.5, 0.6) is 5.75 Å². The molecule has 0 N–H and O–H groups in total. The Hall–Kier alpha value is -2.05. The third kappa shape index (κ3) is 3.48. The van der Waals surface area contributed by atoms with E-state index in [-0.39, 0.29) is 11.0 Å². The summed E-state index contributed by atoms with van der Waals surface area (Å²) < 4.78 is 37.6. The maximum Gasteiger partial charge on any atom is 0.264 e. The van der Waals surface area contributed by atoms with Crippen molar-refractivity contribution in [2.24, 2.45) is 0 Å². The molecule has 1 aliphatic rings. The highest BCUT2D eigenvalue weighted by molar-refractivity contribution is 7.92. The first-order chi connectivity index (χ1) is 11.0. The lowest BCUT2D eigenvalue weighted by atomic mass is 10.2. The van der Waals surface area contributed by atoms with Gasteiger partial charge in [0, 0.05) is 7.05 Å². The van der Waals surface area contributed by atoms with Gasteiger partial charge in [-0.1, -0.05) is 18.2 Å². The van der Waals surface area contributed by atoms with Crippen LogP contribution >= 0.6 is 0 Å². The molecule has 1 atom stereocenters. The summed E-state index contributed by atoms with van der Waals surface area (Å²) in [5.41, 5.74) is 1.28. The number of nitrogens with zero attached hydrogens (tertiary/aromatic N) is 1. The number of para-hydroxylation sites is 1. The number of aryl methyl sites for hydroxylation is 1. The van der Waals surface area contributed by atoms with Crippen LogP contribution in [0, 0.1) is 6.92 Å².